The van der Waals surface area contributed by atoms with Gasteiger partial charge < -0.3 is 4.98 Å². The lowest BCUT2D eigenvalue weighted by molar-refractivity contribution is 0.0808. The zero-order valence-electron chi connectivity index (χ0n) is 13.9. The van der Waals surface area contributed by atoms with Crippen LogP contribution in [0.4, 0.5) is 0 Å². The third-order valence-electron chi connectivity index (χ3n) is 5.29. The zero-order chi connectivity index (χ0) is 16.8. The van der Waals surface area contributed by atoms with Gasteiger partial charge in [0.1, 0.15) is 0 Å². The molecule has 3 aromatic rings. The summed E-state index contributed by atoms with van der Waals surface area (Å²) in [6.45, 7) is 3.98. The number of aromatic amines is 1. The number of aromatic nitrogens is 2. The van der Waals surface area contributed by atoms with Gasteiger partial charge >= 0.3 is 0 Å². The highest BCUT2D eigenvalue weighted by Crippen LogP contribution is 2.32. The third kappa shape index (κ3) is 2.13. The number of H-pyrrole nitrogens is 1. The molecule has 122 valence electrons. The number of benzene rings is 1. The number of carbonyl (C=O) groups is 1. The van der Waals surface area contributed by atoms with E-state index in [1.54, 1.807) is 6.20 Å². The van der Waals surface area contributed by atoms with Gasteiger partial charge in [0.25, 0.3) is 0 Å². The fraction of sp³-hybridized carbons (Fsp3) is 0.300. The predicted octanol–water partition coefficient (Wildman–Crippen LogP) is 3.39. The van der Waals surface area contributed by atoms with E-state index >= 15 is 0 Å². The molecular formula is C20H20N2O2. The molecule has 0 amide bonds. The first-order valence-corrected chi connectivity index (χ1v) is 8.38. The first kappa shape index (κ1) is 14.9. The Balaban J connectivity index is 1.77. The van der Waals surface area contributed by atoms with Crippen LogP contribution >= 0.6 is 0 Å². The molecule has 4 nitrogen and oxygen atoms in total. The lowest BCUT2D eigenvalue weighted by Gasteiger charge is -2.24. The van der Waals surface area contributed by atoms with Crippen molar-refractivity contribution in [3.8, 4) is 0 Å². The molecule has 0 fully saturated rings. The Bertz CT molecular complexity index is 1010. The molecule has 0 bridgehead atoms. The lowest BCUT2D eigenvalue weighted by atomic mass is 9.89. The van der Waals surface area contributed by atoms with E-state index in [0.29, 0.717) is 6.42 Å². The second-order valence-corrected chi connectivity index (χ2v) is 6.65. The number of pyridine rings is 1. The standard InChI is InChI=1S/C20H20N2O2/c1-12-15-5-3-4-6-18(15)22-17(12)8-7-14(20(22)24)11-16-13(2)21-10-9-19(16)23/h3-6,9-10,14H,7-8,11H2,1-2H3,(H,21,23). The van der Waals surface area contributed by atoms with Gasteiger partial charge in [-0.1, -0.05) is 18.2 Å². The molecule has 2 aromatic heterocycles. The first-order chi connectivity index (χ1) is 11.6. The zero-order valence-corrected chi connectivity index (χ0v) is 13.9. The van der Waals surface area contributed by atoms with Crippen molar-refractivity contribution in [2.24, 2.45) is 5.92 Å². The minimum absolute atomic E-state index is 0.0124. The molecule has 4 rings (SSSR count). The van der Waals surface area contributed by atoms with Crippen LogP contribution in [0.15, 0.2) is 41.3 Å². The van der Waals surface area contributed by atoms with Crippen LogP contribution in [0.3, 0.4) is 0 Å². The Morgan fingerprint density at radius 3 is 2.75 bits per heavy atom. The summed E-state index contributed by atoms with van der Waals surface area (Å²) in [5, 5.41) is 1.15. The molecule has 1 aromatic carbocycles. The van der Waals surface area contributed by atoms with Crippen LogP contribution in [-0.4, -0.2) is 15.5 Å². The van der Waals surface area contributed by atoms with E-state index in [4.69, 9.17) is 0 Å². The van der Waals surface area contributed by atoms with Gasteiger partial charge in [-0.2, -0.15) is 0 Å². The fourth-order valence-electron chi connectivity index (χ4n) is 3.93. The maximum atomic E-state index is 13.1. The Labute approximate surface area is 140 Å². The number of hydrogen-bond acceptors (Lipinski definition) is 2. The number of nitrogens with zero attached hydrogens (tertiary/aromatic N) is 1. The molecule has 4 heteroatoms. The van der Waals surface area contributed by atoms with Crippen molar-refractivity contribution in [3.05, 3.63) is 69.3 Å². The van der Waals surface area contributed by atoms with Gasteiger partial charge in [0.05, 0.1) is 5.52 Å². The molecule has 0 saturated heterocycles. The molecule has 3 heterocycles. The smallest absolute Gasteiger partial charge is 0.234 e. The summed E-state index contributed by atoms with van der Waals surface area (Å²) in [5.74, 6) is -0.0295. The average molecular weight is 320 g/mol. The topological polar surface area (TPSA) is 54.9 Å². The molecule has 0 spiro atoms. The van der Waals surface area contributed by atoms with Crippen LogP contribution in [0.25, 0.3) is 10.9 Å². The van der Waals surface area contributed by atoms with Crippen molar-refractivity contribution in [3.63, 3.8) is 0 Å². The quantitative estimate of drug-likeness (QED) is 0.787. The van der Waals surface area contributed by atoms with Gasteiger partial charge in [-0.15, -0.1) is 0 Å². The number of hydrogen-bond donors (Lipinski definition) is 1. The number of rotatable bonds is 2. The predicted molar refractivity (Wildman–Crippen MR) is 94.6 cm³/mol. The number of para-hydroxylation sites is 1. The van der Waals surface area contributed by atoms with Crippen LogP contribution in [0.1, 0.15) is 33.7 Å². The monoisotopic (exact) mass is 320 g/mol. The number of aryl methyl sites for hydroxylation is 2. The average Bonchev–Trinajstić information content (AvgIpc) is 2.87. The minimum atomic E-state index is -0.144. The number of nitrogens with one attached hydrogen (secondary N) is 1. The van der Waals surface area contributed by atoms with Crippen molar-refractivity contribution < 1.29 is 4.79 Å². The molecule has 24 heavy (non-hydrogen) atoms. The van der Waals surface area contributed by atoms with E-state index in [-0.39, 0.29) is 17.3 Å². The van der Waals surface area contributed by atoms with E-state index < -0.39 is 0 Å². The van der Waals surface area contributed by atoms with Gasteiger partial charge in [-0.25, -0.2) is 0 Å². The molecule has 0 aliphatic carbocycles. The summed E-state index contributed by atoms with van der Waals surface area (Å²) in [5.41, 5.74) is 4.90. The van der Waals surface area contributed by atoms with Crippen LogP contribution in [-0.2, 0) is 12.8 Å². The normalized spacial score (nSPS) is 17.2. The highest BCUT2D eigenvalue weighted by molar-refractivity contribution is 5.97. The van der Waals surface area contributed by atoms with E-state index in [1.165, 1.54) is 11.6 Å². The van der Waals surface area contributed by atoms with Gasteiger partial charge in [0.15, 0.2) is 5.43 Å². The Kier molecular flexibility index (Phi) is 3.41. The van der Waals surface area contributed by atoms with Crippen molar-refractivity contribution in [1.29, 1.82) is 0 Å². The van der Waals surface area contributed by atoms with Gasteiger partial charge in [0.2, 0.25) is 5.91 Å². The van der Waals surface area contributed by atoms with Crippen LogP contribution in [0.2, 0.25) is 0 Å². The van der Waals surface area contributed by atoms with E-state index in [9.17, 15) is 9.59 Å². The summed E-state index contributed by atoms with van der Waals surface area (Å²) >= 11 is 0. The van der Waals surface area contributed by atoms with Crippen LogP contribution in [0.5, 0.6) is 0 Å². The van der Waals surface area contributed by atoms with Crippen molar-refractivity contribution in [2.45, 2.75) is 33.1 Å². The lowest BCUT2D eigenvalue weighted by Crippen LogP contribution is -2.32. The highest BCUT2D eigenvalue weighted by atomic mass is 16.2. The molecule has 1 unspecified atom stereocenters. The number of carbonyl (C=O) groups excluding carboxylic acids is 1. The van der Waals surface area contributed by atoms with Gasteiger partial charge in [0, 0.05) is 40.5 Å². The second-order valence-electron chi connectivity index (χ2n) is 6.65. The van der Waals surface area contributed by atoms with Crippen LogP contribution < -0.4 is 5.43 Å². The summed E-state index contributed by atoms with van der Waals surface area (Å²) in [4.78, 5) is 28.3. The maximum absolute atomic E-state index is 13.1. The molecule has 1 aliphatic heterocycles. The van der Waals surface area contributed by atoms with Crippen molar-refractivity contribution >= 4 is 16.8 Å². The molecular weight excluding hydrogens is 300 g/mol. The summed E-state index contributed by atoms with van der Waals surface area (Å²) in [6, 6.07) is 9.60. The molecule has 0 saturated carbocycles. The molecule has 1 N–H and O–H groups in total. The second kappa shape index (κ2) is 5.48. The minimum Gasteiger partial charge on any atom is -0.365 e. The fourth-order valence-corrected chi connectivity index (χ4v) is 3.93. The van der Waals surface area contributed by atoms with Gasteiger partial charge in [-0.3, -0.25) is 14.2 Å². The van der Waals surface area contributed by atoms with Crippen molar-refractivity contribution in [2.75, 3.05) is 0 Å². The third-order valence-corrected chi connectivity index (χ3v) is 5.29. The van der Waals surface area contributed by atoms with E-state index in [1.807, 2.05) is 29.7 Å². The summed E-state index contributed by atoms with van der Waals surface area (Å²) < 4.78 is 1.88. The summed E-state index contributed by atoms with van der Waals surface area (Å²) in [7, 11) is 0. The van der Waals surface area contributed by atoms with Crippen LogP contribution in [0, 0.1) is 19.8 Å². The van der Waals surface area contributed by atoms with Gasteiger partial charge in [-0.05, 0) is 44.7 Å². The highest BCUT2D eigenvalue weighted by Gasteiger charge is 2.31. The Hall–Kier alpha value is -2.62. The summed E-state index contributed by atoms with van der Waals surface area (Å²) in [6.07, 6.45) is 3.83. The number of fused-ring (bicyclic) bond motifs is 3. The largest absolute Gasteiger partial charge is 0.365 e. The maximum Gasteiger partial charge on any atom is 0.234 e. The first-order valence-electron chi connectivity index (χ1n) is 8.38. The van der Waals surface area contributed by atoms with Crippen molar-refractivity contribution in [1.82, 2.24) is 9.55 Å². The Morgan fingerprint density at radius 2 is 1.96 bits per heavy atom. The molecule has 1 atom stereocenters. The molecule has 1 aliphatic rings. The SMILES string of the molecule is Cc1[nH]ccc(=O)c1CC1CCc2c(C)c3ccccc3n2C1=O. The molecule has 0 radical (unpaired) electrons. The Morgan fingerprint density at radius 1 is 1.17 bits per heavy atom. The van der Waals surface area contributed by atoms with E-state index in [2.05, 4.69) is 18.0 Å². The van der Waals surface area contributed by atoms with E-state index in [0.717, 1.165) is 40.7 Å².